The highest BCUT2D eigenvalue weighted by molar-refractivity contribution is 4.96. The summed E-state index contributed by atoms with van der Waals surface area (Å²) in [7, 11) is 0. The number of nitrogens with zero attached hydrogens (tertiary/aromatic N) is 2. The Bertz CT molecular complexity index is 245. The molecule has 0 aliphatic rings. The molecule has 0 spiro atoms. The van der Waals surface area contributed by atoms with Crippen LogP contribution in [-0.2, 0) is 17.8 Å². The minimum Gasteiger partial charge on any atom is -0.377 e. The van der Waals surface area contributed by atoms with E-state index in [1.165, 1.54) is 0 Å². The fourth-order valence-electron chi connectivity index (χ4n) is 1.11. The molecule has 0 radical (unpaired) electrons. The fourth-order valence-corrected chi connectivity index (χ4v) is 1.11. The number of hydrogen-bond donors (Lipinski definition) is 1. The van der Waals surface area contributed by atoms with E-state index in [4.69, 9.17) is 10.5 Å². The van der Waals surface area contributed by atoms with Crippen LogP contribution >= 0.6 is 0 Å². The summed E-state index contributed by atoms with van der Waals surface area (Å²) in [5.74, 6) is 0. The molecule has 0 atom stereocenters. The number of rotatable bonds is 5. The molecule has 0 aliphatic heterocycles. The van der Waals surface area contributed by atoms with Crippen molar-refractivity contribution in [1.29, 1.82) is 0 Å². The number of nitrogens with two attached hydrogens (primary N) is 1. The third-order valence-electron chi connectivity index (χ3n) is 1.79. The monoisotopic (exact) mass is 183 g/mol. The zero-order chi connectivity index (χ0) is 9.68. The van der Waals surface area contributed by atoms with Crippen molar-refractivity contribution in [1.82, 2.24) is 9.55 Å². The Morgan fingerprint density at radius 3 is 3.00 bits per heavy atom. The second kappa shape index (κ2) is 4.99. The Morgan fingerprint density at radius 2 is 2.38 bits per heavy atom. The number of aromatic nitrogens is 2. The summed E-state index contributed by atoms with van der Waals surface area (Å²) in [4.78, 5) is 4.02. The quantitative estimate of drug-likeness (QED) is 0.733. The van der Waals surface area contributed by atoms with Crippen molar-refractivity contribution in [3.63, 3.8) is 0 Å². The molecule has 1 heterocycles. The van der Waals surface area contributed by atoms with Gasteiger partial charge in [-0.3, -0.25) is 0 Å². The molecule has 0 saturated carbocycles. The molecule has 0 unspecified atom stereocenters. The average Bonchev–Trinajstić information content (AvgIpc) is 2.51. The highest BCUT2D eigenvalue weighted by Crippen LogP contribution is 1.98. The van der Waals surface area contributed by atoms with Crippen molar-refractivity contribution in [2.24, 2.45) is 5.73 Å². The second-order valence-corrected chi connectivity index (χ2v) is 3.20. The predicted octanol–water partition coefficient (Wildman–Crippen LogP) is 0.767. The first-order valence-electron chi connectivity index (χ1n) is 4.54. The number of ether oxygens (including phenoxy) is 1. The smallest absolute Gasteiger partial charge is 0.0949 e. The first-order valence-corrected chi connectivity index (χ1v) is 4.54. The summed E-state index contributed by atoms with van der Waals surface area (Å²) in [5, 5.41) is 0. The molecule has 13 heavy (non-hydrogen) atoms. The van der Waals surface area contributed by atoms with Crippen LogP contribution in [-0.4, -0.2) is 22.3 Å². The second-order valence-electron chi connectivity index (χ2n) is 3.20. The van der Waals surface area contributed by atoms with Gasteiger partial charge >= 0.3 is 0 Å². The molecule has 1 rings (SSSR count). The lowest BCUT2D eigenvalue weighted by molar-refractivity contribution is 0.0723. The largest absolute Gasteiger partial charge is 0.377 e. The van der Waals surface area contributed by atoms with E-state index in [1.807, 2.05) is 18.4 Å². The summed E-state index contributed by atoms with van der Waals surface area (Å²) in [6.07, 6.45) is 3.85. The SMILES string of the molecule is CC(C)OCCn1cncc1CN. The summed E-state index contributed by atoms with van der Waals surface area (Å²) in [6.45, 7) is 6.11. The normalized spacial score (nSPS) is 11.1. The highest BCUT2D eigenvalue weighted by Gasteiger charge is 1.99. The van der Waals surface area contributed by atoms with Crippen molar-refractivity contribution in [2.45, 2.75) is 33.0 Å². The van der Waals surface area contributed by atoms with Gasteiger partial charge in [-0.05, 0) is 13.8 Å². The molecule has 1 aromatic heterocycles. The predicted molar refractivity (Wildman–Crippen MR) is 51.2 cm³/mol. The average molecular weight is 183 g/mol. The lowest BCUT2D eigenvalue weighted by atomic mass is 10.4. The van der Waals surface area contributed by atoms with E-state index < -0.39 is 0 Å². The minimum atomic E-state index is 0.282. The molecule has 4 nitrogen and oxygen atoms in total. The van der Waals surface area contributed by atoms with Gasteiger partial charge in [-0.2, -0.15) is 0 Å². The number of hydrogen-bond acceptors (Lipinski definition) is 3. The van der Waals surface area contributed by atoms with Crippen LogP contribution in [0.25, 0.3) is 0 Å². The number of imidazole rings is 1. The standard InChI is InChI=1S/C9H17N3O/c1-8(2)13-4-3-12-7-11-6-9(12)5-10/h6-8H,3-5,10H2,1-2H3. The van der Waals surface area contributed by atoms with Crippen LogP contribution in [0.15, 0.2) is 12.5 Å². The maximum absolute atomic E-state index is 5.52. The van der Waals surface area contributed by atoms with Crippen molar-refractivity contribution >= 4 is 0 Å². The Morgan fingerprint density at radius 1 is 1.62 bits per heavy atom. The summed E-state index contributed by atoms with van der Waals surface area (Å²) in [6, 6.07) is 0. The van der Waals surface area contributed by atoms with Gasteiger partial charge in [-0.25, -0.2) is 4.98 Å². The molecular formula is C9H17N3O. The Kier molecular flexibility index (Phi) is 3.92. The first-order chi connectivity index (χ1) is 6.24. The van der Waals surface area contributed by atoms with Crippen LogP contribution in [0.5, 0.6) is 0 Å². The topological polar surface area (TPSA) is 53.1 Å². The van der Waals surface area contributed by atoms with E-state index in [9.17, 15) is 0 Å². The van der Waals surface area contributed by atoms with Gasteiger partial charge < -0.3 is 15.0 Å². The lowest BCUT2D eigenvalue weighted by Crippen LogP contribution is -2.13. The molecule has 2 N–H and O–H groups in total. The zero-order valence-electron chi connectivity index (χ0n) is 8.23. The third kappa shape index (κ3) is 3.16. The Labute approximate surface area is 78.7 Å². The summed E-state index contributed by atoms with van der Waals surface area (Å²) in [5.41, 5.74) is 6.57. The van der Waals surface area contributed by atoms with Crippen LogP contribution in [0.4, 0.5) is 0 Å². The van der Waals surface area contributed by atoms with Gasteiger partial charge in [0.1, 0.15) is 0 Å². The van der Waals surface area contributed by atoms with Gasteiger partial charge in [-0.1, -0.05) is 0 Å². The van der Waals surface area contributed by atoms with E-state index >= 15 is 0 Å². The van der Waals surface area contributed by atoms with E-state index in [1.54, 1.807) is 12.5 Å². The lowest BCUT2D eigenvalue weighted by Gasteiger charge is -2.09. The van der Waals surface area contributed by atoms with Crippen molar-refractivity contribution in [3.8, 4) is 0 Å². The van der Waals surface area contributed by atoms with Crippen LogP contribution < -0.4 is 5.73 Å². The van der Waals surface area contributed by atoms with Gasteiger partial charge in [0.05, 0.1) is 24.7 Å². The highest BCUT2D eigenvalue weighted by atomic mass is 16.5. The minimum absolute atomic E-state index is 0.282. The first kappa shape index (κ1) is 10.2. The van der Waals surface area contributed by atoms with Gasteiger partial charge in [0.2, 0.25) is 0 Å². The maximum Gasteiger partial charge on any atom is 0.0949 e. The van der Waals surface area contributed by atoms with Crippen molar-refractivity contribution in [3.05, 3.63) is 18.2 Å². The summed E-state index contributed by atoms with van der Waals surface area (Å²) >= 11 is 0. The summed E-state index contributed by atoms with van der Waals surface area (Å²) < 4.78 is 7.44. The molecule has 1 aromatic rings. The molecule has 0 aromatic carbocycles. The van der Waals surface area contributed by atoms with Gasteiger partial charge in [0, 0.05) is 19.3 Å². The van der Waals surface area contributed by atoms with Crippen molar-refractivity contribution < 1.29 is 4.74 Å². The van der Waals surface area contributed by atoms with Crippen molar-refractivity contribution in [2.75, 3.05) is 6.61 Å². The molecule has 0 amide bonds. The Balaban J connectivity index is 2.36. The molecule has 0 fully saturated rings. The van der Waals surface area contributed by atoms with E-state index in [-0.39, 0.29) is 6.10 Å². The van der Waals surface area contributed by atoms with Gasteiger partial charge in [0.15, 0.2) is 0 Å². The van der Waals surface area contributed by atoms with E-state index in [2.05, 4.69) is 4.98 Å². The molecular weight excluding hydrogens is 166 g/mol. The zero-order valence-corrected chi connectivity index (χ0v) is 8.23. The van der Waals surface area contributed by atoms with Gasteiger partial charge in [0.25, 0.3) is 0 Å². The molecule has 4 heteroatoms. The third-order valence-corrected chi connectivity index (χ3v) is 1.79. The molecule has 0 saturated heterocycles. The van der Waals surface area contributed by atoms with E-state index in [0.29, 0.717) is 13.2 Å². The van der Waals surface area contributed by atoms with E-state index in [0.717, 1.165) is 12.2 Å². The fraction of sp³-hybridized carbons (Fsp3) is 0.667. The molecule has 74 valence electrons. The molecule has 0 aliphatic carbocycles. The van der Waals surface area contributed by atoms with Crippen LogP contribution in [0.3, 0.4) is 0 Å². The van der Waals surface area contributed by atoms with Gasteiger partial charge in [-0.15, -0.1) is 0 Å². The van der Waals surface area contributed by atoms with Crippen LogP contribution in [0.2, 0.25) is 0 Å². The van der Waals surface area contributed by atoms with Crippen LogP contribution in [0, 0.1) is 0 Å². The molecule has 0 bridgehead atoms. The Hall–Kier alpha value is -0.870. The maximum atomic E-state index is 5.52. The van der Waals surface area contributed by atoms with Crippen LogP contribution in [0.1, 0.15) is 19.5 Å².